The Balaban J connectivity index is 1.64. The molecule has 0 spiro atoms. The van der Waals surface area contributed by atoms with Gasteiger partial charge in [0.1, 0.15) is 11.2 Å². The van der Waals surface area contributed by atoms with Crippen molar-refractivity contribution in [1.29, 1.82) is 0 Å². The van der Waals surface area contributed by atoms with Gasteiger partial charge in [0.2, 0.25) is 6.20 Å². The highest BCUT2D eigenvalue weighted by Crippen LogP contribution is 2.41. The van der Waals surface area contributed by atoms with Gasteiger partial charge in [0.15, 0.2) is 6.54 Å². The first kappa shape index (κ1) is 11.7. The molecular weight excluding hydrogens is 280 g/mol. The minimum Gasteiger partial charge on any atom is -0.120 e. The molecule has 2 heterocycles. The number of para-hydroxylation sites is 1. The Bertz CT molecular complexity index is 1120. The van der Waals surface area contributed by atoms with E-state index in [9.17, 15) is 0 Å². The van der Waals surface area contributed by atoms with Gasteiger partial charge in [-0.3, -0.25) is 0 Å². The zero-order chi connectivity index (χ0) is 15.0. The van der Waals surface area contributed by atoms with Gasteiger partial charge in [0.05, 0.1) is 10.9 Å². The largest absolute Gasteiger partial charge is 0.204 e. The summed E-state index contributed by atoms with van der Waals surface area (Å²) in [6, 6.07) is 22.1. The summed E-state index contributed by atoms with van der Waals surface area (Å²) in [5.41, 5.74) is 9.95. The molecule has 0 atom stereocenters. The molecule has 0 unspecified atom stereocenters. The second kappa shape index (κ2) is 3.90. The monoisotopic (exact) mass is 295 g/mol. The summed E-state index contributed by atoms with van der Waals surface area (Å²) >= 11 is 0. The highest BCUT2D eigenvalue weighted by Gasteiger charge is 2.33. The van der Waals surface area contributed by atoms with Crippen LogP contribution in [0.1, 0.15) is 16.7 Å². The van der Waals surface area contributed by atoms with Crippen molar-refractivity contribution in [1.82, 2.24) is 4.68 Å². The van der Waals surface area contributed by atoms with Gasteiger partial charge >= 0.3 is 0 Å². The minimum absolute atomic E-state index is 0.973. The standard InChI is InChI=1S/C21H15N2/c1-3-7-16-14(5-1)11-18-17(16)9-10-21-19(18)13-22-12-15-6-2-4-8-20(15)23(21)22/h1-10,12H,11,13H2/q+1. The van der Waals surface area contributed by atoms with Crippen molar-refractivity contribution in [2.24, 2.45) is 0 Å². The Hall–Kier alpha value is -2.87. The maximum Gasteiger partial charge on any atom is 0.204 e. The summed E-state index contributed by atoms with van der Waals surface area (Å²) in [5.74, 6) is 0. The Morgan fingerprint density at radius 1 is 0.783 bits per heavy atom. The fourth-order valence-electron chi connectivity index (χ4n) is 4.33. The van der Waals surface area contributed by atoms with Crippen LogP contribution in [0.2, 0.25) is 0 Å². The van der Waals surface area contributed by atoms with Crippen LogP contribution in [-0.2, 0) is 13.0 Å². The zero-order valence-corrected chi connectivity index (χ0v) is 12.7. The normalized spacial score (nSPS) is 13.7. The molecule has 6 rings (SSSR count). The molecule has 0 bridgehead atoms. The molecule has 0 saturated carbocycles. The lowest BCUT2D eigenvalue weighted by Crippen LogP contribution is -2.36. The molecule has 2 heteroatoms. The predicted octanol–water partition coefficient (Wildman–Crippen LogP) is 3.85. The van der Waals surface area contributed by atoms with Gasteiger partial charge in [-0.25, -0.2) is 0 Å². The Kier molecular flexibility index (Phi) is 1.98. The molecule has 0 saturated heterocycles. The van der Waals surface area contributed by atoms with Crippen LogP contribution >= 0.6 is 0 Å². The van der Waals surface area contributed by atoms with Crippen LogP contribution in [0, 0.1) is 0 Å². The fourth-order valence-corrected chi connectivity index (χ4v) is 4.33. The molecule has 0 N–H and O–H groups in total. The lowest BCUT2D eigenvalue weighted by atomic mass is 10.00. The van der Waals surface area contributed by atoms with E-state index in [1.165, 1.54) is 44.4 Å². The number of hydrogen-bond donors (Lipinski definition) is 0. The van der Waals surface area contributed by atoms with Crippen LogP contribution in [0.15, 0.2) is 66.9 Å². The Morgan fingerprint density at radius 2 is 1.65 bits per heavy atom. The van der Waals surface area contributed by atoms with Gasteiger partial charge in [0.25, 0.3) is 0 Å². The van der Waals surface area contributed by atoms with E-state index in [1.807, 2.05) is 0 Å². The van der Waals surface area contributed by atoms with Gasteiger partial charge in [-0.2, -0.15) is 0 Å². The van der Waals surface area contributed by atoms with Crippen LogP contribution in [0.3, 0.4) is 0 Å². The second-order valence-corrected chi connectivity index (χ2v) is 6.52. The molecule has 0 radical (unpaired) electrons. The first-order valence-electron chi connectivity index (χ1n) is 8.14. The lowest BCUT2D eigenvalue weighted by molar-refractivity contribution is -0.749. The maximum atomic E-state index is 2.37. The van der Waals surface area contributed by atoms with Gasteiger partial charge in [-0.1, -0.05) is 42.5 Å². The van der Waals surface area contributed by atoms with Gasteiger partial charge in [-0.15, -0.1) is 9.36 Å². The van der Waals surface area contributed by atoms with Crippen LogP contribution in [0.4, 0.5) is 0 Å². The first-order valence-corrected chi connectivity index (χ1v) is 8.14. The quantitative estimate of drug-likeness (QED) is 0.376. The third-order valence-electron chi connectivity index (χ3n) is 5.34. The summed E-state index contributed by atoms with van der Waals surface area (Å²) in [6.07, 6.45) is 3.34. The van der Waals surface area contributed by atoms with Gasteiger partial charge in [0, 0.05) is 0 Å². The third-order valence-corrected chi connectivity index (χ3v) is 5.34. The van der Waals surface area contributed by atoms with Crippen molar-refractivity contribution in [3.05, 3.63) is 83.6 Å². The van der Waals surface area contributed by atoms with E-state index in [4.69, 9.17) is 0 Å². The molecule has 3 aromatic carbocycles. The summed E-state index contributed by atoms with van der Waals surface area (Å²) < 4.78 is 4.71. The molecule has 2 nitrogen and oxygen atoms in total. The van der Waals surface area contributed by atoms with E-state index in [0.29, 0.717) is 0 Å². The molecule has 2 aliphatic rings. The van der Waals surface area contributed by atoms with Crippen molar-refractivity contribution in [2.45, 2.75) is 13.0 Å². The van der Waals surface area contributed by atoms with E-state index in [-0.39, 0.29) is 0 Å². The van der Waals surface area contributed by atoms with E-state index in [2.05, 4.69) is 76.2 Å². The second-order valence-electron chi connectivity index (χ2n) is 6.52. The number of aromatic nitrogens is 2. The topological polar surface area (TPSA) is 8.81 Å². The predicted molar refractivity (Wildman–Crippen MR) is 90.8 cm³/mol. The van der Waals surface area contributed by atoms with Crippen LogP contribution in [0.25, 0.3) is 27.7 Å². The van der Waals surface area contributed by atoms with Crippen molar-refractivity contribution in [3.8, 4) is 16.8 Å². The van der Waals surface area contributed by atoms with Gasteiger partial charge < -0.3 is 0 Å². The highest BCUT2D eigenvalue weighted by atomic mass is 15.4. The first-order chi connectivity index (χ1) is 11.4. The molecule has 1 aliphatic heterocycles. The fraction of sp³-hybridized carbons (Fsp3) is 0.0952. The smallest absolute Gasteiger partial charge is 0.120 e. The van der Waals surface area contributed by atoms with Crippen LogP contribution in [-0.4, -0.2) is 4.68 Å². The minimum atomic E-state index is 0.973. The van der Waals surface area contributed by atoms with E-state index >= 15 is 0 Å². The molecular formula is C21H15N2+. The number of rotatable bonds is 0. The van der Waals surface area contributed by atoms with E-state index < -0.39 is 0 Å². The molecule has 23 heavy (non-hydrogen) atoms. The average Bonchev–Trinajstić information content (AvgIpc) is 3.23. The molecule has 4 aromatic rings. The average molecular weight is 295 g/mol. The number of fused-ring (bicyclic) bond motifs is 9. The summed E-state index contributed by atoms with van der Waals surface area (Å²) in [6.45, 7) is 0.973. The van der Waals surface area contributed by atoms with E-state index in [1.54, 1.807) is 0 Å². The highest BCUT2D eigenvalue weighted by molar-refractivity contribution is 5.83. The van der Waals surface area contributed by atoms with Crippen LogP contribution < -0.4 is 4.68 Å². The zero-order valence-electron chi connectivity index (χ0n) is 12.7. The Morgan fingerprint density at radius 3 is 2.65 bits per heavy atom. The molecule has 1 aliphatic carbocycles. The Labute approximate surface area is 134 Å². The molecule has 0 amide bonds. The maximum absolute atomic E-state index is 2.37. The van der Waals surface area contributed by atoms with Crippen molar-refractivity contribution in [2.75, 3.05) is 0 Å². The number of benzene rings is 3. The number of nitrogens with zero attached hydrogens (tertiary/aromatic N) is 2. The van der Waals surface area contributed by atoms with Gasteiger partial charge in [-0.05, 0) is 46.9 Å². The summed E-state index contributed by atoms with van der Waals surface area (Å²) in [4.78, 5) is 0. The third kappa shape index (κ3) is 1.36. The summed E-state index contributed by atoms with van der Waals surface area (Å²) in [7, 11) is 0. The van der Waals surface area contributed by atoms with Crippen LogP contribution in [0.5, 0.6) is 0 Å². The van der Waals surface area contributed by atoms with Crippen molar-refractivity contribution < 1.29 is 4.68 Å². The van der Waals surface area contributed by atoms with E-state index in [0.717, 1.165) is 13.0 Å². The molecule has 0 fully saturated rings. The number of hydrogen-bond acceptors (Lipinski definition) is 0. The molecule has 108 valence electrons. The van der Waals surface area contributed by atoms with Crippen molar-refractivity contribution in [3.63, 3.8) is 0 Å². The summed E-state index contributed by atoms with van der Waals surface area (Å²) in [5, 5.41) is 1.31. The lowest BCUT2D eigenvalue weighted by Gasteiger charge is -2.05. The molecule has 1 aromatic heterocycles. The van der Waals surface area contributed by atoms with Crippen molar-refractivity contribution >= 4 is 10.9 Å². The SMILES string of the molecule is c1ccc2c(c1)Cc1c-2ccc2c1C[n+]1cc3ccccc3n1-2.